The summed E-state index contributed by atoms with van der Waals surface area (Å²) in [6, 6.07) is 0. The van der Waals surface area contributed by atoms with Crippen LogP contribution in [0.1, 0.15) is 34.1 Å². The van der Waals surface area contributed by atoms with E-state index in [0.29, 0.717) is 12.3 Å². The maximum atomic E-state index is 12.7. The van der Waals surface area contributed by atoms with Crippen molar-refractivity contribution in [3.05, 3.63) is 23.6 Å². The van der Waals surface area contributed by atoms with Crippen LogP contribution in [0.4, 0.5) is 4.39 Å². The number of hydrogen-bond acceptors (Lipinski definition) is 0. The highest BCUT2D eigenvalue weighted by Crippen LogP contribution is 2.15. The van der Waals surface area contributed by atoms with Gasteiger partial charge in [0, 0.05) is 0 Å². The Kier molecular flexibility index (Phi) is 4.84. The van der Waals surface area contributed by atoms with Gasteiger partial charge in [0.2, 0.25) is 0 Å². The van der Waals surface area contributed by atoms with Gasteiger partial charge in [-0.05, 0) is 30.9 Å². The maximum Gasteiger partial charge on any atom is 0.0999 e. The molecule has 0 spiro atoms. The third kappa shape index (κ3) is 3.97. The molecule has 0 fully saturated rings. The van der Waals surface area contributed by atoms with Crippen LogP contribution in [0.25, 0.3) is 0 Å². The molecule has 64 valence electrons. The summed E-state index contributed by atoms with van der Waals surface area (Å²) < 4.78 is 12.7. The first-order valence-corrected chi connectivity index (χ1v) is 4.14. The van der Waals surface area contributed by atoms with Crippen molar-refractivity contribution in [2.75, 3.05) is 0 Å². The normalized spacial score (nSPS) is 14.4. The van der Waals surface area contributed by atoms with Crippen LogP contribution < -0.4 is 0 Å². The predicted molar refractivity (Wildman–Crippen MR) is 48.1 cm³/mol. The van der Waals surface area contributed by atoms with Crippen molar-refractivity contribution in [2.24, 2.45) is 5.92 Å². The summed E-state index contributed by atoms with van der Waals surface area (Å²) >= 11 is 0. The standard InChI is InChI=1S/C10H17F/c1-5-9(8(3)4)7-10(11)6-2/h5,7-8H,6H2,1-4H3/b9-5+,10-7+. The average molecular weight is 156 g/mol. The Hall–Kier alpha value is -0.590. The molecule has 11 heavy (non-hydrogen) atoms. The van der Waals surface area contributed by atoms with Gasteiger partial charge in [-0.25, -0.2) is 4.39 Å². The highest BCUT2D eigenvalue weighted by Gasteiger charge is 1.99. The van der Waals surface area contributed by atoms with Crippen molar-refractivity contribution in [2.45, 2.75) is 34.1 Å². The quantitative estimate of drug-likeness (QED) is 0.544. The van der Waals surface area contributed by atoms with E-state index in [1.54, 1.807) is 6.08 Å². The molecule has 0 saturated carbocycles. The van der Waals surface area contributed by atoms with Crippen LogP contribution >= 0.6 is 0 Å². The molecular formula is C10H17F. The third-order valence-electron chi connectivity index (χ3n) is 1.66. The van der Waals surface area contributed by atoms with Crippen LogP contribution in [0.2, 0.25) is 0 Å². The molecule has 0 heterocycles. The van der Waals surface area contributed by atoms with Gasteiger partial charge in [0.25, 0.3) is 0 Å². The minimum atomic E-state index is -0.0354. The zero-order chi connectivity index (χ0) is 8.85. The first kappa shape index (κ1) is 10.4. The third-order valence-corrected chi connectivity index (χ3v) is 1.66. The Morgan fingerprint density at radius 2 is 2.00 bits per heavy atom. The van der Waals surface area contributed by atoms with Crippen LogP contribution in [-0.4, -0.2) is 0 Å². The molecular weight excluding hydrogens is 139 g/mol. The molecule has 0 N–H and O–H groups in total. The minimum absolute atomic E-state index is 0.0354. The van der Waals surface area contributed by atoms with Gasteiger partial charge >= 0.3 is 0 Å². The topological polar surface area (TPSA) is 0 Å². The number of rotatable bonds is 3. The van der Waals surface area contributed by atoms with E-state index >= 15 is 0 Å². The smallest absolute Gasteiger partial charge is 0.0999 e. The molecule has 0 atom stereocenters. The van der Waals surface area contributed by atoms with E-state index in [-0.39, 0.29) is 5.83 Å². The number of halogens is 1. The molecule has 0 aromatic carbocycles. The van der Waals surface area contributed by atoms with Gasteiger partial charge in [-0.3, -0.25) is 0 Å². The summed E-state index contributed by atoms with van der Waals surface area (Å²) in [5, 5.41) is 0. The fourth-order valence-electron chi connectivity index (χ4n) is 0.866. The molecule has 0 radical (unpaired) electrons. The highest BCUT2D eigenvalue weighted by molar-refractivity contribution is 5.21. The van der Waals surface area contributed by atoms with Crippen LogP contribution in [0.5, 0.6) is 0 Å². The summed E-state index contributed by atoms with van der Waals surface area (Å²) in [5.74, 6) is 0.379. The molecule has 0 unspecified atom stereocenters. The Bertz CT molecular complexity index is 164. The Morgan fingerprint density at radius 1 is 1.45 bits per heavy atom. The molecule has 0 rings (SSSR count). The highest BCUT2D eigenvalue weighted by atomic mass is 19.1. The van der Waals surface area contributed by atoms with Gasteiger partial charge < -0.3 is 0 Å². The second kappa shape index (κ2) is 5.11. The minimum Gasteiger partial charge on any atom is -0.212 e. The van der Waals surface area contributed by atoms with Gasteiger partial charge in [-0.2, -0.15) is 0 Å². The lowest BCUT2D eigenvalue weighted by molar-refractivity contribution is 0.599. The zero-order valence-corrected chi connectivity index (χ0v) is 7.82. The average Bonchev–Trinajstić information content (AvgIpc) is 1.99. The second-order valence-corrected chi connectivity index (χ2v) is 2.89. The van der Waals surface area contributed by atoms with Gasteiger partial charge in [0.15, 0.2) is 0 Å². The lowest BCUT2D eigenvalue weighted by Gasteiger charge is -2.04. The molecule has 0 saturated heterocycles. The van der Waals surface area contributed by atoms with Crippen LogP contribution in [0.3, 0.4) is 0 Å². The van der Waals surface area contributed by atoms with E-state index < -0.39 is 0 Å². The van der Waals surface area contributed by atoms with E-state index in [1.807, 2.05) is 19.9 Å². The first-order chi connectivity index (χ1) is 5.11. The molecule has 0 aliphatic heterocycles. The first-order valence-electron chi connectivity index (χ1n) is 4.14. The lowest BCUT2D eigenvalue weighted by Crippen LogP contribution is -1.90. The second-order valence-electron chi connectivity index (χ2n) is 2.89. The van der Waals surface area contributed by atoms with Gasteiger partial charge in [-0.15, -0.1) is 0 Å². The SMILES string of the molecule is C/C=C(\C=C(\F)CC)C(C)C. The maximum absolute atomic E-state index is 12.7. The van der Waals surface area contributed by atoms with E-state index in [4.69, 9.17) is 0 Å². The monoisotopic (exact) mass is 156 g/mol. The summed E-state index contributed by atoms with van der Waals surface area (Å²) in [5.41, 5.74) is 1.07. The van der Waals surface area contributed by atoms with Crippen molar-refractivity contribution in [3.8, 4) is 0 Å². The van der Waals surface area contributed by atoms with E-state index in [0.717, 1.165) is 5.57 Å². The summed E-state index contributed by atoms with van der Waals surface area (Å²) in [4.78, 5) is 0. The van der Waals surface area contributed by atoms with Crippen LogP contribution in [0, 0.1) is 5.92 Å². The molecule has 0 amide bonds. The van der Waals surface area contributed by atoms with Gasteiger partial charge in [0.1, 0.15) is 0 Å². The fraction of sp³-hybridized carbons (Fsp3) is 0.600. The Labute approximate surface area is 68.8 Å². The summed E-state index contributed by atoms with van der Waals surface area (Å²) in [7, 11) is 0. The number of allylic oxidation sites excluding steroid dienone is 4. The van der Waals surface area contributed by atoms with E-state index in [2.05, 4.69) is 13.8 Å². The molecule has 0 nitrogen and oxygen atoms in total. The zero-order valence-electron chi connectivity index (χ0n) is 7.82. The van der Waals surface area contributed by atoms with Crippen molar-refractivity contribution < 1.29 is 4.39 Å². The van der Waals surface area contributed by atoms with Crippen LogP contribution in [0.15, 0.2) is 23.6 Å². The Balaban J connectivity index is 4.32. The predicted octanol–water partition coefficient (Wildman–Crippen LogP) is 3.85. The molecule has 0 aliphatic carbocycles. The van der Waals surface area contributed by atoms with Gasteiger partial charge in [0.05, 0.1) is 5.83 Å². The van der Waals surface area contributed by atoms with Crippen molar-refractivity contribution in [3.63, 3.8) is 0 Å². The molecule has 0 aromatic rings. The lowest BCUT2D eigenvalue weighted by atomic mass is 10.0. The summed E-state index contributed by atoms with van der Waals surface area (Å²) in [6.07, 6.45) is 4.08. The fourth-order valence-corrected chi connectivity index (χ4v) is 0.866. The molecule has 1 heteroatoms. The molecule has 0 aliphatic rings. The van der Waals surface area contributed by atoms with E-state index in [9.17, 15) is 4.39 Å². The summed E-state index contributed by atoms with van der Waals surface area (Å²) in [6.45, 7) is 7.89. The largest absolute Gasteiger partial charge is 0.212 e. The van der Waals surface area contributed by atoms with Crippen molar-refractivity contribution in [1.29, 1.82) is 0 Å². The number of hydrogen-bond donors (Lipinski definition) is 0. The van der Waals surface area contributed by atoms with Crippen LogP contribution in [-0.2, 0) is 0 Å². The molecule has 0 bridgehead atoms. The Morgan fingerprint density at radius 3 is 2.27 bits per heavy atom. The van der Waals surface area contributed by atoms with Gasteiger partial charge in [-0.1, -0.05) is 26.8 Å². The van der Waals surface area contributed by atoms with Crippen molar-refractivity contribution in [1.82, 2.24) is 0 Å². The van der Waals surface area contributed by atoms with E-state index in [1.165, 1.54) is 0 Å². The van der Waals surface area contributed by atoms with Crippen molar-refractivity contribution >= 4 is 0 Å². The molecule has 0 aromatic heterocycles.